The van der Waals surface area contributed by atoms with E-state index in [0.717, 1.165) is 10.9 Å². The first-order valence-electron chi connectivity index (χ1n) is 11.4. The molecule has 2 aliphatic heterocycles. The number of hydrogen-bond donors (Lipinski definition) is 2. The van der Waals surface area contributed by atoms with E-state index in [1.54, 1.807) is 4.57 Å². The average Bonchev–Trinajstić information content (AvgIpc) is 3.55. The Balaban J connectivity index is 1.36. The number of nitrogens with one attached hydrogen (secondary N) is 1. The fourth-order valence-corrected chi connectivity index (χ4v) is 5.24. The minimum absolute atomic E-state index is 0.0694. The van der Waals surface area contributed by atoms with Crippen molar-refractivity contribution >= 4 is 49.5 Å². The summed E-state index contributed by atoms with van der Waals surface area (Å²) in [7, 11) is 1.37. The standard InChI is InChI=1S/C19H18BFN9O8P/c20-39(33)36-5-10-26-8-3-23-6-24-14(8)29(10)1-2-34-19(32)35-4-9-11(21)13(38-39)17(37-9)30-7-25-12-15(30)27-18(22)28-16(12)31/h3,6-7,9,11,13,17H,1-2,4-5H2,(H3,22,27,28,31)/t9-,11-,13-,17-,39?/m1/s1. The Kier molecular flexibility index (Phi) is 6.29. The van der Waals surface area contributed by atoms with Gasteiger partial charge in [0.15, 0.2) is 29.2 Å². The molecule has 1 saturated heterocycles. The highest BCUT2D eigenvalue weighted by Crippen LogP contribution is 2.50. The van der Waals surface area contributed by atoms with E-state index in [9.17, 15) is 14.2 Å². The van der Waals surface area contributed by atoms with Gasteiger partial charge in [0, 0.05) is 0 Å². The first kappa shape index (κ1) is 25.4. The summed E-state index contributed by atoms with van der Waals surface area (Å²) in [5.74, 6) is -0.0287. The normalized spacial score (nSPS) is 28.4. The summed E-state index contributed by atoms with van der Waals surface area (Å²) < 4.78 is 58.3. The summed E-state index contributed by atoms with van der Waals surface area (Å²) in [6.07, 6.45) is -3.75. The Hall–Kier alpha value is -3.93. The highest BCUT2D eigenvalue weighted by atomic mass is 31.2. The van der Waals surface area contributed by atoms with E-state index in [1.807, 2.05) is 0 Å². The maximum absolute atomic E-state index is 15.6. The van der Waals surface area contributed by atoms with E-state index in [0.29, 0.717) is 11.2 Å². The molecule has 2 aliphatic rings. The van der Waals surface area contributed by atoms with Crippen molar-refractivity contribution in [3.05, 3.63) is 35.0 Å². The second-order valence-electron chi connectivity index (χ2n) is 8.49. The van der Waals surface area contributed by atoms with Crippen LogP contribution in [0.25, 0.3) is 22.3 Å². The van der Waals surface area contributed by atoms with E-state index in [-0.39, 0.29) is 36.1 Å². The zero-order valence-electron chi connectivity index (χ0n) is 19.7. The van der Waals surface area contributed by atoms with Crippen molar-refractivity contribution < 1.29 is 37.0 Å². The minimum Gasteiger partial charge on any atom is -0.432 e. The Bertz CT molecular complexity index is 1680. The van der Waals surface area contributed by atoms with Crippen molar-refractivity contribution in [2.75, 3.05) is 18.9 Å². The molecule has 17 nitrogen and oxygen atoms in total. The number of ether oxygens (including phenoxy) is 3. The summed E-state index contributed by atoms with van der Waals surface area (Å²) >= 11 is 0. The molecule has 2 bridgehead atoms. The van der Waals surface area contributed by atoms with Gasteiger partial charge in [0.2, 0.25) is 13.5 Å². The monoisotopic (exact) mass is 561 g/mol. The van der Waals surface area contributed by atoms with Crippen LogP contribution in [0.5, 0.6) is 0 Å². The van der Waals surface area contributed by atoms with E-state index >= 15 is 4.39 Å². The SMILES string of the molecule is [B]P1(=O)OCc2nc3cncnc3n2CCOC(=O)OC[C@H]2O[C@@H](n3cnc4c(=O)[nH]c(N)nc43)[C@H](O1)[C@@H]2F. The smallest absolute Gasteiger partial charge is 0.432 e. The Labute approximate surface area is 217 Å². The van der Waals surface area contributed by atoms with E-state index < -0.39 is 57.0 Å². The van der Waals surface area contributed by atoms with E-state index in [4.69, 9.17) is 36.6 Å². The molecule has 0 spiro atoms. The number of fused-ring (bicyclic) bond motifs is 6. The zero-order valence-corrected chi connectivity index (χ0v) is 20.6. The van der Waals surface area contributed by atoms with Crippen molar-refractivity contribution in [1.29, 1.82) is 0 Å². The molecule has 4 aromatic rings. The van der Waals surface area contributed by atoms with Gasteiger partial charge in [-0.25, -0.2) is 29.1 Å². The van der Waals surface area contributed by atoms with Gasteiger partial charge in [-0.15, -0.1) is 0 Å². The number of hydrogen-bond acceptors (Lipinski definition) is 14. The fourth-order valence-electron chi connectivity index (χ4n) is 4.32. The molecule has 6 heterocycles. The molecule has 2 radical (unpaired) electrons. The third kappa shape index (κ3) is 4.73. The van der Waals surface area contributed by atoms with Gasteiger partial charge in [-0.05, 0) is 0 Å². The predicted octanol–water partition coefficient (Wildman–Crippen LogP) is 0.122. The molecule has 1 unspecified atom stereocenters. The highest BCUT2D eigenvalue weighted by Gasteiger charge is 2.50. The Morgan fingerprint density at radius 2 is 2.05 bits per heavy atom. The molecule has 0 aliphatic carbocycles. The number of aromatic nitrogens is 8. The number of imidazole rings is 2. The maximum Gasteiger partial charge on any atom is 0.508 e. The number of H-pyrrole nitrogens is 1. The second kappa shape index (κ2) is 9.67. The van der Waals surface area contributed by atoms with Crippen molar-refractivity contribution in [3.63, 3.8) is 0 Å². The Morgan fingerprint density at radius 1 is 1.21 bits per heavy atom. The van der Waals surface area contributed by atoms with Gasteiger partial charge in [0.05, 0.1) is 19.1 Å². The molecule has 1 fully saturated rings. The van der Waals surface area contributed by atoms with Gasteiger partial charge in [-0.2, -0.15) is 4.98 Å². The van der Waals surface area contributed by atoms with Crippen LogP contribution in [0.4, 0.5) is 15.1 Å². The molecule has 6 rings (SSSR count). The van der Waals surface area contributed by atoms with Crippen LogP contribution in [0.1, 0.15) is 12.1 Å². The maximum atomic E-state index is 15.6. The first-order chi connectivity index (χ1) is 18.7. The molecular formula is C19H18BFN9O8P. The Morgan fingerprint density at radius 3 is 2.90 bits per heavy atom. The number of rotatable bonds is 1. The molecule has 20 heteroatoms. The third-order valence-corrected chi connectivity index (χ3v) is 7.05. The number of anilines is 1. The molecule has 3 N–H and O–H groups in total. The van der Waals surface area contributed by atoms with Crippen molar-refractivity contribution in [1.82, 2.24) is 39.0 Å². The largest absolute Gasteiger partial charge is 0.508 e. The lowest BCUT2D eigenvalue weighted by atomic mass is 10.1. The van der Waals surface area contributed by atoms with Crippen LogP contribution in [0, 0.1) is 0 Å². The topological polar surface area (TPSA) is 213 Å². The van der Waals surface area contributed by atoms with Gasteiger partial charge < -0.3 is 33.6 Å². The summed E-state index contributed by atoms with van der Waals surface area (Å²) in [6, 6.07) is 0. The van der Waals surface area contributed by atoms with Crippen LogP contribution >= 0.6 is 7.47 Å². The number of aromatic amines is 1. The lowest BCUT2D eigenvalue weighted by Crippen LogP contribution is -2.33. The first-order valence-corrected chi connectivity index (χ1v) is 13.0. The summed E-state index contributed by atoms with van der Waals surface area (Å²) in [5.41, 5.74) is 5.59. The molecule has 5 atom stereocenters. The summed E-state index contributed by atoms with van der Waals surface area (Å²) in [5, 5.41) is 0. The van der Waals surface area contributed by atoms with E-state index in [1.165, 1.54) is 12.5 Å². The van der Waals surface area contributed by atoms with Gasteiger partial charge in [0.1, 0.15) is 49.7 Å². The number of cyclic esters (lactones) is 2. The van der Waals surface area contributed by atoms with Gasteiger partial charge >= 0.3 is 6.16 Å². The molecule has 0 saturated carbocycles. The molecule has 0 aromatic carbocycles. The lowest BCUT2D eigenvalue weighted by Gasteiger charge is -2.25. The summed E-state index contributed by atoms with van der Waals surface area (Å²) in [4.78, 5) is 47.1. The molecule has 39 heavy (non-hydrogen) atoms. The van der Waals surface area contributed by atoms with Crippen molar-refractivity contribution in [2.24, 2.45) is 0 Å². The van der Waals surface area contributed by atoms with Crippen LogP contribution in [0.3, 0.4) is 0 Å². The van der Waals surface area contributed by atoms with Crippen molar-refractivity contribution in [3.8, 4) is 0 Å². The zero-order chi connectivity index (χ0) is 27.3. The van der Waals surface area contributed by atoms with Crippen LogP contribution in [0.15, 0.2) is 23.6 Å². The average molecular weight is 561 g/mol. The number of halogens is 1. The van der Waals surface area contributed by atoms with Crippen LogP contribution in [0.2, 0.25) is 0 Å². The van der Waals surface area contributed by atoms with Crippen LogP contribution in [-0.2, 0) is 41.0 Å². The minimum atomic E-state index is -4.48. The van der Waals surface area contributed by atoms with Crippen LogP contribution < -0.4 is 11.3 Å². The van der Waals surface area contributed by atoms with Gasteiger partial charge in [0.25, 0.3) is 13.0 Å². The van der Waals surface area contributed by atoms with Gasteiger partial charge in [-0.1, -0.05) is 0 Å². The number of carbonyl (C=O) groups excluding carboxylic acids is 1. The number of nitrogen functional groups attached to an aromatic ring is 1. The molecule has 4 aromatic heterocycles. The van der Waals surface area contributed by atoms with Crippen molar-refractivity contribution in [2.45, 2.75) is 37.8 Å². The number of carbonyl (C=O) groups is 1. The highest BCUT2D eigenvalue weighted by molar-refractivity contribution is 7.79. The predicted molar refractivity (Wildman–Crippen MR) is 127 cm³/mol. The lowest BCUT2D eigenvalue weighted by molar-refractivity contribution is -0.0571. The number of alkyl halides is 1. The fraction of sp³-hybridized carbons (Fsp3) is 0.421. The second-order valence-corrected chi connectivity index (χ2v) is 10.0. The van der Waals surface area contributed by atoms with E-state index in [2.05, 4.69) is 29.9 Å². The van der Waals surface area contributed by atoms with Crippen LogP contribution in [-0.4, -0.2) is 84.4 Å². The van der Waals surface area contributed by atoms with Gasteiger partial charge in [-0.3, -0.25) is 18.9 Å². The third-order valence-electron chi connectivity index (χ3n) is 6.02. The molecule has 0 amide bonds. The number of nitrogens with two attached hydrogens (primary N) is 1. The number of nitrogens with zero attached hydrogens (tertiary/aromatic N) is 7. The molecular weight excluding hydrogens is 543 g/mol. The summed E-state index contributed by atoms with van der Waals surface area (Å²) in [6.45, 7) is -1.12. The quantitative estimate of drug-likeness (QED) is 0.180. The molecule has 202 valence electrons.